The molecule has 0 amide bonds. The highest BCUT2D eigenvalue weighted by atomic mass is 79.9. The molecule has 0 bridgehead atoms. The zero-order valence-electron chi connectivity index (χ0n) is 11.9. The van der Waals surface area contributed by atoms with Crippen LogP contribution in [-0.2, 0) is 11.9 Å². The summed E-state index contributed by atoms with van der Waals surface area (Å²) in [6.45, 7) is 2.32. The molecule has 1 aromatic heterocycles. The Labute approximate surface area is 132 Å². The lowest BCUT2D eigenvalue weighted by molar-refractivity contribution is 0.302. The van der Waals surface area contributed by atoms with Gasteiger partial charge in [0.1, 0.15) is 24.2 Å². The summed E-state index contributed by atoms with van der Waals surface area (Å²) < 4.78 is 10.9. The van der Waals surface area contributed by atoms with E-state index in [2.05, 4.69) is 27.0 Å². The van der Waals surface area contributed by atoms with Crippen molar-refractivity contribution in [3.63, 3.8) is 0 Å². The second kappa shape index (κ2) is 7.09. The summed E-state index contributed by atoms with van der Waals surface area (Å²) >= 11 is 3.41. The van der Waals surface area contributed by atoms with Crippen molar-refractivity contribution in [1.29, 1.82) is 5.26 Å². The molecule has 0 saturated heterocycles. The van der Waals surface area contributed by atoms with Crippen LogP contribution in [0.1, 0.15) is 22.5 Å². The number of aromatic nitrogens is 1. The van der Waals surface area contributed by atoms with Crippen LogP contribution in [0.15, 0.2) is 30.3 Å². The Morgan fingerprint density at radius 2 is 2.00 bits per heavy atom. The Morgan fingerprint density at radius 3 is 2.67 bits per heavy atom. The molecule has 108 valence electrons. The van der Waals surface area contributed by atoms with Crippen molar-refractivity contribution in [3.05, 3.63) is 52.8 Å². The number of benzene rings is 1. The molecule has 0 saturated carbocycles. The topological polar surface area (TPSA) is 55.1 Å². The zero-order valence-corrected chi connectivity index (χ0v) is 13.5. The Hall–Kier alpha value is -2.06. The van der Waals surface area contributed by atoms with E-state index in [4.69, 9.17) is 14.7 Å². The van der Waals surface area contributed by atoms with Crippen LogP contribution < -0.4 is 9.47 Å². The molecule has 1 heterocycles. The number of methoxy groups -OCH3 is 1. The minimum atomic E-state index is 0.378. The zero-order chi connectivity index (χ0) is 15.2. The van der Waals surface area contributed by atoms with Gasteiger partial charge in [-0.15, -0.1) is 0 Å². The molecule has 2 rings (SSSR count). The first-order valence-electron chi connectivity index (χ1n) is 6.40. The minimum Gasteiger partial charge on any atom is -0.495 e. The average molecular weight is 347 g/mol. The first-order valence-corrected chi connectivity index (χ1v) is 7.52. The van der Waals surface area contributed by atoms with E-state index in [0.29, 0.717) is 23.2 Å². The Bertz CT molecular complexity index is 680. The molecule has 0 atom stereocenters. The van der Waals surface area contributed by atoms with E-state index >= 15 is 0 Å². The van der Waals surface area contributed by atoms with E-state index in [-0.39, 0.29) is 0 Å². The highest BCUT2D eigenvalue weighted by molar-refractivity contribution is 9.08. The van der Waals surface area contributed by atoms with Crippen LogP contribution in [0.25, 0.3) is 0 Å². The normalized spacial score (nSPS) is 10.0. The van der Waals surface area contributed by atoms with E-state index in [1.807, 2.05) is 25.1 Å². The van der Waals surface area contributed by atoms with E-state index in [1.165, 1.54) is 0 Å². The van der Waals surface area contributed by atoms with Crippen LogP contribution in [0, 0.1) is 18.3 Å². The predicted octanol–water partition coefficient (Wildman–Crippen LogP) is 3.74. The lowest BCUT2D eigenvalue weighted by atomic mass is 10.1. The van der Waals surface area contributed by atoms with Crippen LogP contribution in [0.5, 0.6) is 11.5 Å². The molecule has 2 aromatic rings. The fraction of sp³-hybridized carbons (Fsp3) is 0.250. The highest BCUT2D eigenvalue weighted by Crippen LogP contribution is 2.23. The third-order valence-electron chi connectivity index (χ3n) is 2.98. The number of hydrogen-bond acceptors (Lipinski definition) is 4. The van der Waals surface area contributed by atoms with Crippen molar-refractivity contribution < 1.29 is 9.47 Å². The van der Waals surface area contributed by atoms with Crippen molar-refractivity contribution in [3.8, 4) is 17.6 Å². The largest absolute Gasteiger partial charge is 0.495 e. The van der Waals surface area contributed by atoms with Crippen molar-refractivity contribution >= 4 is 15.9 Å². The smallest absolute Gasteiger partial charge is 0.142 e. The Kier molecular flexibility index (Phi) is 5.18. The van der Waals surface area contributed by atoms with Gasteiger partial charge >= 0.3 is 0 Å². The average Bonchev–Trinajstić information content (AvgIpc) is 2.53. The van der Waals surface area contributed by atoms with Crippen LogP contribution in [-0.4, -0.2) is 12.1 Å². The van der Waals surface area contributed by atoms with Crippen LogP contribution in [0.2, 0.25) is 0 Å². The molecular formula is C16H15BrN2O2. The summed E-state index contributed by atoms with van der Waals surface area (Å²) in [6.07, 6.45) is 0. The lowest BCUT2D eigenvalue weighted by Crippen LogP contribution is -2.01. The molecule has 0 aliphatic heterocycles. The molecular weight excluding hydrogens is 332 g/mol. The van der Waals surface area contributed by atoms with Gasteiger partial charge in [0.05, 0.1) is 18.4 Å². The molecule has 5 heteroatoms. The Balaban J connectivity index is 2.15. The van der Waals surface area contributed by atoms with Gasteiger partial charge in [0.25, 0.3) is 0 Å². The molecule has 0 N–H and O–H groups in total. The molecule has 1 aromatic carbocycles. The van der Waals surface area contributed by atoms with Crippen LogP contribution in [0.3, 0.4) is 0 Å². The number of hydrogen-bond donors (Lipinski definition) is 0. The minimum absolute atomic E-state index is 0.378. The van der Waals surface area contributed by atoms with Gasteiger partial charge in [-0.2, -0.15) is 5.26 Å². The van der Waals surface area contributed by atoms with Crippen molar-refractivity contribution in [2.45, 2.75) is 18.9 Å². The summed E-state index contributed by atoms with van der Waals surface area (Å²) in [7, 11) is 1.55. The number of nitrogens with zero attached hydrogens (tertiary/aromatic N) is 2. The SMILES string of the molecule is COc1ccc(COc2ccc(C)nc2CBr)cc1C#N. The maximum atomic E-state index is 9.08. The van der Waals surface area contributed by atoms with Gasteiger partial charge in [0, 0.05) is 11.0 Å². The number of aryl methyl sites for hydroxylation is 1. The highest BCUT2D eigenvalue weighted by Gasteiger charge is 2.07. The fourth-order valence-electron chi connectivity index (χ4n) is 1.92. The first-order chi connectivity index (χ1) is 10.2. The second-order valence-corrected chi connectivity index (χ2v) is 5.03. The quantitative estimate of drug-likeness (QED) is 0.773. The number of alkyl halides is 1. The van der Waals surface area contributed by atoms with E-state index in [1.54, 1.807) is 19.2 Å². The number of ether oxygens (including phenoxy) is 2. The summed E-state index contributed by atoms with van der Waals surface area (Å²) in [5.41, 5.74) is 3.23. The first kappa shape index (κ1) is 15.3. The number of nitriles is 1. The second-order valence-electron chi connectivity index (χ2n) is 4.47. The standard InChI is InChI=1S/C16H15BrN2O2/c1-11-3-5-16(14(8-17)19-11)21-10-12-4-6-15(20-2)13(7-12)9-18/h3-7H,8,10H2,1-2H3. The van der Waals surface area contributed by atoms with Gasteiger partial charge in [-0.1, -0.05) is 22.0 Å². The van der Waals surface area contributed by atoms with Gasteiger partial charge < -0.3 is 9.47 Å². The van der Waals surface area contributed by atoms with E-state index < -0.39 is 0 Å². The molecule has 0 aliphatic carbocycles. The third kappa shape index (κ3) is 3.73. The van der Waals surface area contributed by atoms with Crippen molar-refractivity contribution in [2.75, 3.05) is 7.11 Å². The molecule has 0 radical (unpaired) electrons. The molecule has 0 aliphatic rings. The molecule has 4 nitrogen and oxygen atoms in total. The molecule has 0 unspecified atom stereocenters. The van der Waals surface area contributed by atoms with Gasteiger partial charge in [-0.05, 0) is 36.8 Å². The molecule has 0 spiro atoms. The summed E-state index contributed by atoms with van der Waals surface area (Å²) in [5, 5.41) is 9.72. The molecule has 21 heavy (non-hydrogen) atoms. The maximum absolute atomic E-state index is 9.08. The fourth-order valence-corrected chi connectivity index (χ4v) is 2.32. The van der Waals surface area contributed by atoms with Crippen LogP contribution in [0.4, 0.5) is 0 Å². The van der Waals surface area contributed by atoms with Gasteiger partial charge in [-0.3, -0.25) is 4.98 Å². The third-order valence-corrected chi connectivity index (χ3v) is 3.51. The van der Waals surface area contributed by atoms with Gasteiger partial charge in [0.2, 0.25) is 0 Å². The van der Waals surface area contributed by atoms with Crippen molar-refractivity contribution in [2.24, 2.45) is 0 Å². The van der Waals surface area contributed by atoms with E-state index in [9.17, 15) is 0 Å². The molecule has 0 fully saturated rings. The van der Waals surface area contributed by atoms with Gasteiger partial charge in [-0.25, -0.2) is 0 Å². The summed E-state index contributed by atoms with van der Waals surface area (Å²) in [5.74, 6) is 1.31. The summed E-state index contributed by atoms with van der Waals surface area (Å²) in [6, 6.07) is 11.4. The van der Waals surface area contributed by atoms with Crippen LogP contribution >= 0.6 is 15.9 Å². The van der Waals surface area contributed by atoms with Gasteiger partial charge in [0.15, 0.2) is 0 Å². The maximum Gasteiger partial charge on any atom is 0.142 e. The van der Waals surface area contributed by atoms with E-state index in [0.717, 1.165) is 22.7 Å². The Morgan fingerprint density at radius 1 is 1.24 bits per heavy atom. The number of rotatable bonds is 5. The monoisotopic (exact) mass is 346 g/mol. The predicted molar refractivity (Wildman–Crippen MR) is 83.6 cm³/mol. The lowest BCUT2D eigenvalue weighted by Gasteiger charge is -2.11. The number of halogens is 1. The summed E-state index contributed by atoms with van der Waals surface area (Å²) in [4.78, 5) is 4.42. The number of pyridine rings is 1. The van der Waals surface area contributed by atoms with Crippen molar-refractivity contribution in [1.82, 2.24) is 4.98 Å².